The maximum absolute atomic E-state index is 2.71. The van der Waals surface area contributed by atoms with Crippen LogP contribution in [0.2, 0.25) is 0 Å². The van der Waals surface area contributed by atoms with Crippen LogP contribution < -0.4 is 4.90 Å². The van der Waals surface area contributed by atoms with Crippen molar-refractivity contribution in [2.75, 3.05) is 4.90 Å². The van der Waals surface area contributed by atoms with Gasteiger partial charge in [0.25, 0.3) is 0 Å². The van der Waals surface area contributed by atoms with Crippen LogP contribution in [0, 0.1) is 23.7 Å². The molecule has 6 aliphatic carbocycles. The lowest BCUT2D eigenvalue weighted by Crippen LogP contribution is -2.59. The van der Waals surface area contributed by atoms with Crippen LogP contribution >= 0.6 is 11.3 Å². The molecule has 4 saturated carbocycles. The fourth-order valence-electron chi connectivity index (χ4n) is 16.1. The van der Waals surface area contributed by atoms with Gasteiger partial charge < -0.3 is 4.90 Å². The molecule has 0 unspecified atom stereocenters. The molecule has 0 saturated heterocycles. The Morgan fingerprint density at radius 3 is 1.60 bits per heavy atom. The fourth-order valence-corrected chi connectivity index (χ4v) is 17.2. The Morgan fingerprint density at radius 2 is 0.863 bits per heavy atom. The number of fused-ring (bicyclic) bond motifs is 12. The third-order valence-electron chi connectivity index (χ3n) is 18.5. The van der Waals surface area contributed by atoms with Crippen molar-refractivity contribution in [2.24, 2.45) is 23.7 Å². The predicted molar refractivity (Wildman–Crippen MR) is 305 cm³/mol. The number of nitrogens with zero attached hydrogens (tertiary/aromatic N) is 1. The summed E-state index contributed by atoms with van der Waals surface area (Å²) in [6, 6.07) is 90.6. The second-order valence-corrected chi connectivity index (χ2v) is 23.0. The summed E-state index contributed by atoms with van der Waals surface area (Å²) >= 11 is 1.89. The average molecular weight is 952 g/mol. The van der Waals surface area contributed by atoms with Gasteiger partial charge in [-0.05, 0) is 182 Å². The molecule has 4 bridgehead atoms. The SMILES string of the molecule is c1ccc(-c2cccc(N(c3ccc(-c4ccccc4-c4cccc5sc6ccccc6c45)cc3)c3ccc4c(c3)C3(c5ccccc5C45c4ccccc4-c4ccccc45)C4CC5CC(C4)CC3C5)c2)cc1. The number of benzene rings is 10. The van der Waals surface area contributed by atoms with Gasteiger partial charge in [-0.2, -0.15) is 0 Å². The van der Waals surface area contributed by atoms with E-state index in [1.54, 1.807) is 11.1 Å². The van der Waals surface area contributed by atoms with Crippen molar-refractivity contribution in [3.05, 3.63) is 270 Å². The summed E-state index contributed by atoms with van der Waals surface area (Å²) in [5.74, 6) is 2.90. The molecule has 11 aromatic rings. The van der Waals surface area contributed by atoms with Gasteiger partial charge in [0.05, 0.1) is 5.41 Å². The fraction of sp³-hybridized carbons (Fsp3) is 0.155. The molecule has 0 N–H and O–H groups in total. The lowest BCUT2D eigenvalue weighted by Gasteiger charge is -2.65. The topological polar surface area (TPSA) is 3.24 Å². The molecule has 1 nitrogen and oxygen atoms in total. The van der Waals surface area contributed by atoms with Crippen LogP contribution in [0.4, 0.5) is 17.1 Å². The molecule has 6 aliphatic rings. The number of thiophene rings is 1. The van der Waals surface area contributed by atoms with E-state index in [1.807, 2.05) is 11.3 Å². The molecule has 1 aromatic heterocycles. The first-order valence-electron chi connectivity index (χ1n) is 26.7. The monoisotopic (exact) mass is 951 g/mol. The summed E-state index contributed by atoms with van der Waals surface area (Å²) in [6.45, 7) is 0. The van der Waals surface area contributed by atoms with Crippen LogP contribution in [0.1, 0.15) is 65.5 Å². The molecule has 0 amide bonds. The van der Waals surface area contributed by atoms with E-state index in [4.69, 9.17) is 0 Å². The van der Waals surface area contributed by atoms with Crippen LogP contribution in [0.5, 0.6) is 0 Å². The maximum Gasteiger partial charge on any atom is 0.0719 e. The highest BCUT2D eigenvalue weighted by Gasteiger charge is 2.64. The third-order valence-corrected chi connectivity index (χ3v) is 19.7. The number of anilines is 3. The van der Waals surface area contributed by atoms with E-state index in [2.05, 4.69) is 241 Å². The highest BCUT2D eigenvalue weighted by molar-refractivity contribution is 7.25. The maximum atomic E-state index is 2.71. The van der Waals surface area contributed by atoms with Crippen molar-refractivity contribution < 1.29 is 0 Å². The number of rotatable bonds is 6. The van der Waals surface area contributed by atoms with E-state index in [1.165, 1.54) is 125 Å². The molecule has 73 heavy (non-hydrogen) atoms. The highest BCUT2D eigenvalue weighted by Crippen LogP contribution is 2.72. The zero-order valence-corrected chi connectivity index (χ0v) is 41.5. The minimum Gasteiger partial charge on any atom is -0.310 e. The molecule has 1 heterocycles. The Morgan fingerprint density at radius 1 is 0.329 bits per heavy atom. The first-order valence-corrected chi connectivity index (χ1v) is 27.5. The predicted octanol–water partition coefficient (Wildman–Crippen LogP) is 18.9. The van der Waals surface area contributed by atoms with Crippen molar-refractivity contribution in [2.45, 2.75) is 42.9 Å². The summed E-state index contributed by atoms with van der Waals surface area (Å²) in [5.41, 5.74) is 22.2. The third kappa shape index (κ3) is 5.85. The highest BCUT2D eigenvalue weighted by atomic mass is 32.1. The minimum absolute atomic E-state index is 0.0746. The molecular weight excluding hydrogens is 899 g/mol. The van der Waals surface area contributed by atoms with Crippen LogP contribution in [0.15, 0.2) is 237 Å². The molecule has 2 heteroatoms. The minimum atomic E-state index is -0.426. The Hall–Kier alpha value is -7.78. The van der Waals surface area contributed by atoms with Gasteiger partial charge in [-0.3, -0.25) is 0 Å². The van der Waals surface area contributed by atoms with Gasteiger partial charge >= 0.3 is 0 Å². The summed E-state index contributed by atoms with van der Waals surface area (Å²) < 4.78 is 2.66. The van der Waals surface area contributed by atoms with Gasteiger partial charge in [0, 0.05) is 42.6 Å². The van der Waals surface area contributed by atoms with Crippen LogP contribution in [-0.4, -0.2) is 0 Å². The number of hydrogen-bond acceptors (Lipinski definition) is 2. The molecule has 348 valence electrons. The zero-order valence-electron chi connectivity index (χ0n) is 40.7. The van der Waals surface area contributed by atoms with Gasteiger partial charge in [0.2, 0.25) is 0 Å². The Kier molecular flexibility index (Phi) is 9.08. The zero-order chi connectivity index (χ0) is 47.8. The van der Waals surface area contributed by atoms with Gasteiger partial charge in [-0.25, -0.2) is 0 Å². The second-order valence-electron chi connectivity index (χ2n) is 21.9. The largest absolute Gasteiger partial charge is 0.310 e. The number of hydrogen-bond donors (Lipinski definition) is 0. The lowest BCUT2D eigenvalue weighted by atomic mass is 9.38. The van der Waals surface area contributed by atoms with Crippen LogP contribution in [-0.2, 0) is 10.8 Å². The summed E-state index contributed by atoms with van der Waals surface area (Å²) in [7, 11) is 0. The Balaban J connectivity index is 0.919. The van der Waals surface area contributed by atoms with Gasteiger partial charge in [-0.15, -0.1) is 11.3 Å². The molecule has 10 aromatic carbocycles. The molecular formula is C71H53NS. The molecule has 2 spiro atoms. The Labute approximate surface area is 432 Å². The molecule has 0 aliphatic heterocycles. The first-order chi connectivity index (χ1) is 36.2. The molecule has 17 rings (SSSR count). The van der Waals surface area contributed by atoms with Gasteiger partial charge in [-0.1, -0.05) is 188 Å². The normalized spacial score (nSPS) is 21.3. The van der Waals surface area contributed by atoms with E-state index < -0.39 is 5.41 Å². The van der Waals surface area contributed by atoms with Crippen molar-refractivity contribution in [3.63, 3.8) is 0 Å². The van der Waals surface area contributed by atoms with E-state index in [-0.39, 0.29) is 5.41 Å². The van der Waals surface area contributed by atoms with Crippen molar-refractivity contribution in [1.82, 2.24) is 0 Å². The van der Waals surface area contributed by atoms with Gasteiger partial charge in [0.1, 0.15) is 0 Å². The van der Waals surface area contributed by atoms with Gasteiger partial charge in [0.15, 0.2) is 0 Å². The van der Waals surface area contributed by atoms with E-state index in [0.717, 1.165) is 23.2 Å². The summed E-state index contributed by atoms with van der Waals surface area (Å²) in [6.07, 6.45) is 6.74. The van der Waals surface area contributed by atoms with Crippen molar-refractivity contribution >= 4 is 48.6 Å². The molecule has 0 atom stereocenters. The molecule has 0 radical (unpaired) electrons. The van der Waals surface area contributed by atoms with E-state index in [9.17, 15) is 0 Å². The molecule has 4 fully saturated rings. The van der Waals surface area contributed by atoms with Crippen LogP contribution in [0.25, 0.3) is 64.7 Å². The first kappa shape index (κ1) is 41.8. The lowest BCUT2D eigenvalue weighted by molar-refractivity contribution is -0.0440. The Bertz CT molecular complexity index is 3930. The smallest absolute Gasteiger partial charge is 0.0719 e. The quantitative estimate of drug-likeness (QED) is 0.161. The van der Waals surface area contributed by atoms with Crippen molar-refractivity contribution in [1.29, 1.82) is 0 Å². The summed E-state index contributed by atoms with van der Waals surface area (Å²) in [5, 5.41) is 2.67. The standard InChI is InChI=1S/C71H53NS/c1-2-16-47(17-3-1)49-18-14-19-53(43-49)72(52-34-32-48(33-35-52)55-20-4-5-21-56(55)59-25-15-31-68-69(59)60-24-8-13-30-67(60)73-68)54-36-37-65-66(44-54)70(50-39-45-38-46(41-50)42-51(70)40-45)63-28-11-12-29-64(63)71(65)61-26-9-6-22-57(61)58-23-7-10-27-62(58)71/h1-37,43-46,50-51H,38-42H2. The second kappa shape index (κ2) is 15.9. The van der Waals surface area contributed by atoms with Crippen LogP contribution in [0.3, 0.4) is 0 Å². The van der Waals surface area contributed by atoms with Crippen molar-refractivity contribution in [3.8, 4) is 44.5 Å². The average Bonchev–Trinajstić information content (AvgIpc) is 4.09. The summed E-state index contributed by atoms with van der Waals surface area (Å²) in [4.78, 5) is 2.56. The van der Waals surface area contributed by atoms with E-state index in [0.29, 0.717) is 11.8 Å². The van der Waals surface area contributed by atoms with E-state index >= 15 is 0 Å².